The second kappa shape index (κ2) is 17.0. The van der Waals surface area contributed by atoms with Crippen molar-refractivity contribution in [1.82, 2.24) is 0 Å². The second-order valence-electron chi connectivity index (χ2n) is 14.9. The number of hydrogen-bond donors (Lipinski definition) is 2. The molecular weight excluding hydrogens is 716 g/mol. The minimum absolute atomic E-state index is 0. The van der Waals surface area contributed by atoms with E-state index >= 15 is 0 Å². The van der Waals surface area contributed by atoms with Gasteiger partial charge in [0.05, 0.1) is 85.4 Å². The largest absolute Gasteiger partial charge is 0.496 e. The third-order valence-corrected chi connectivity index (χ3v) is 12.0. The molecule has 0 saturated carbocycles. The first-order valence-corrected chi connectivity index (χ1v) is 18.9. The van der Waals surface area contributed by atoms with Crippen LogP contribution in [0.1, 0.15) is 76.4 Å². The van der Waals surface area contributed by atoms with Crippen molar-refractivity contribution < 1.29 is 52.8 Å². The van der Waals surface area contributed by atoms with Crippen molar-refractivity contribution in [2.75, 3.05) is 54.5 Å². The van der Waals surface area contributed by atoms with Crippen molar-refractivity contribution in [3.63, 3.8) is 0 Å². The van der Waals surface area contributed by atoms with Gasteiger partial charge in [-0.25, -0.2) is 0 Å². The smallest absolute Gasteiger partial charge is 0.231 e. The van der Waals surface area contributed by atoms with Crippen molar-refractivity contribution in [3.05, 3.63) is 111 Å². The lowest BCUT2D eigenvalue weighted by atomic mass is 9.84. The molecule has 9 rings (SSSR count). The van der Waals surface area contributed by atoms with Crippen LogP contribution in [0.4, 0.5) is 0 Å². The lowest BCUT2D eigenvalue weighted by Crippen LogP contribution is -2.15. The van der Waals surface area contributed by atoms with Crippen LogP contribution in [0.5, 0.6) is 28.7 Å². The maximum atomic E-state index is 9.74. The number of aliphatic hydroxyl groups is 2. The average molecular weight is 771 g/mol. The van der Waals surface area contributed by atoms with E-state index in [1.807, 2.05) is 31.2 Å². The molecular formula is C45H54O11. The molecule has 4 aromatic rings. The predicted molar refractivity (Wildman–Crippen MR) is 208 cm³/mol. The van der Waals surface area contributed by atoms with Gasteiger partial charge in [-0.05, 0) is 83.1 Å². The van der Waals surface area contributed by atoms with E-state index in [1.165, 1.54) is 0 Å². The predicted octanol–water partition coefficient (Wildman–Crippen LogP) is 7.52. The fourth-order valence-corrected chi connectivity index (χ4v) is 8.98. The van der Waals surface area contributed by atoms with Gasteiger partial charge in [-0.3, -0.25) is 0 Å². The summed E-state index contributed by atoms with van der Waals surface area (Å²) in [6, 6.07) is 22.4. The zero-order valence-electron chi connectivity index (χ0n) is 32.0. The Balaban J connectivity index is 0.000000169. The van der Waals surface area contributed by atoms with Crippen LogP contribution in [0, 0.1) is 37.5 Å². The second-order valence-corrected chi connectivity index (χ2v) is 14.9. The molecule has 0 aliphatic carbocycles. The van der Waals surface area contributed by atoms with E-state index in [-0.39, 0.29) is 63.7 Å². The molecule has 0 radical (unpaired) electrons. The van der Waals surface area contributed by atoms with Crippen LogP contribution in [-0.2, 0) is 32.2 Å². The highest BCUT2D eigenvalue weighted by atomic mass is 16.7. The van der Waals surface area contributed by atoms with Crippen molar-refractivity contribution in [3.8, 4) is 28.7 Å². The van der Waals surface area contributed by atoms with Crippen molar-refractivity contribution in [2.45, 2.75) is 58.9 Å². The average Bonchev–Trinajstić information content (AvgIpc) is 4.06. The summed E-state index contributed by atoms with van der Waals surface area (Å²) in [7, 11) is 4.96. The Hall–Kier alpha value is -4.36. The third kappa shape index (κ3) is 7.32. The Kier molecular flexibility index (Phi) is 12.1. The highest BCUT2D eigenvalue weighted by molar-refractivity contribution is 5.47. The Morgan fingerprint density at radius 3 is 1.41 bits per heavy atom. The molecule has 5 aliphatic rings. The monoisotopic (exact) mass is 770 g/mol. The standard InChI is InChI=1S/C23H28O6.C21H22O5.CH4/c1-13-4-5-14(7-20(13)26-2)22-18-11-29-23(19(18)12-28-22)15-6-16(9-24)17(10-25)21(8-15)27-3;1-12-3-4-13(7-18(12)22-2)20-15-9-24-21(16(15)10-23-20)14-5-6-17-19(8-14)26-11-25-17;/h4-8,18-19,22-25H,9-12H2,1-3H3;3-8,15-16,20-21H,9-11H2,1-2H3;1H4/t18-,19-,22-,23+;15-,16-,20-,21+;/m00./s1. The van der Waals surface area contributed by atoms with Gasteiger partial charge in [0.1, 0.15) is 17.2 Å². The molecule has 300 valence electrons. The third-order valence-electron chi connectivity index (χ3n) is 12.0. The van der Waals surface area contributed by atoms with Gasteiger partial charge in [-0.1, -0.05) is 43.8 Å². The molecule has 0 amide bonds. The van der Waals surface area contributed by atoms with Crippen molar-refractivity contribution in [2.24, 2.45) is 23.7 Å². The van der Waals surface area contributed by atoms with Crippen LogP contribution in [-0.4, -0.2) is 64.8 Å². The molecule has 11 heteroatoms. The highest BCUT2D eigenvalue weighted by Crippen LogP contribution is 2.53. The van der Waals surface area contributed by atoms with E-state index in [9.17, 15) is 10.2 Å². The molecule has 4 fully saturated rings. The summed E-state index contributed by atoms with van der Waals surface area (Å²) < 4.78 is 52.1. The van der Waals surface area contributed by atoms with Gasteiger partial charge in [-0.15, -0.1) is 0 Å². The molecule has 0 bridgehead atoms. The van der Waals surface area contributed by atoms with Gasteiger partial charge in [0.15, 0.2) is 11.5 Å². The van der Waals surface area contributed by atoms with Gasteiger partial charge >= 0.3 is 0 Å². The number of hydrogen-bond acceptors (Lipinski definition) is 11. The maximum absolute atomic E-state index is 9.74. The van der Waals surface area contributed by atoms with E-state index in [0.717, 1.165) is 56.4 Å². The molecule has 5 aliphatic heterocycles. The van der Waals surface area contributed by atoms with Gasteiger partial charge in [-0.2, -0.15) is 0 Å². The SMILES string of the molecule is C.COc1cc([C@@H]2OC[C@H]3[C@@H]2CO[C@@H]3c2cc(CO)c(CO)c(OC)c2)ccc1C.COc1cc([C@@H]2OC[C@H]3[C@@H]2CO[C@@H]3c2ccc3c(c2)OCO3)ccc1C. The zero-order chi connectivity index (χ0) is 38.2. The Morgan fingerprint density at radius 2 is 0.946 bits per heavy atom. The molecule has 0 unspecified atom stereocenters. The Morgan fingerprint density at radius 1 is 0.518 bits per heavy atom. The van der Waals surface area contributed by atoms with Gasteiger partial charge in [0.25, 0.3) is 0 Å². The van der Waals surface area contributed by atoms with Crippen molar-refractivity contribution >= 4 is 0 Å². The quantitative estimate of drug-likeness (QED) is 0.176. The van der Waals surface area contributed by atoms with E-state index in [0.29, 0.717) is 55.1 Å². The summed E-state index contributed by atoms with van der Waals surface area (Å²) in [5.74, 6) is 5.08. The molecule has 5 heterocycles. The van der Waals surface area contributed by atoms with Crippen LogP contribution in [0.25, 0.3) is 0 Å². The Bertz CT molecular complexity index is 1950. The molecule has 0 aromatic heterocycles. The number of aliphatic hydroxyl groups excluding tert-OH is 2. The summed E-state index contributed by atoms with van der Waals surface area (Å²) >= 11 is 0. The zero-order valence-corrected chi connectivity index (χ0v) is 32.0. The van der Waals surface area contributed by atoms with E-state index < -0.39 is 0 Å². The molecule has 8 atom stereocenters. The number of benzene rings is 4. The summed E-state index contributed by atoms with van der Waals surface area (Å²) in [5, 5.41) is 19.4. The molecule has 4 aromatic carbocycles. The summed E-state index contributed by atoms with van der Waals surface area (Å²) in [6.45, 7) is 6.63. The lowest BCUT2D eigenvalue weighted by Gasteiger charge is -2.20. The van der Waals surface area contributed by atoms with Gasteiger partial charge in [0.2, 0.25) is 6.79 Å². The lowest BCUT2D eigenvalue weighted by molar-refractivity contribution is 0.0190. The molecule has 4 saturated heterocycles. The number of ether oxygens (including phenoxy) is 9. The van der Waals surface area contributed by atoms with Crippen molar-refractivity contribution in [1.29, 1.82) is 0 Å². The minimum atomic E-state index is -0.183. The Labute approximate surface area is 329 Å². The fraction of sp³-hybridized carbons (Fsp3) is 0.467. The highest BCUT2D eigenvalue weighted by Gasteiger charge is 2.49. The first-order valence-electron chi connectivity index (χ1n) is 18.9. The molecule has 11 nitrogen and oxygen atoms in total. The van der Waals surface area contributed by atoms with Gasteiger partial charge < -0.3 is 52.8 Å². The van der Waals surface area contributed by atoms with Crippen LogP contribution < -0.4 is 23.7 Å². The van der Waals surface area contributed by atoms with Crippen LogP contribution >= 0.6 is 0 Å². The first-order chi connectivity index (χ1) is 26.8. The first kappa shape index (κ1) is 39.9. The topological polar surface area (TPSA) is 124 Å². The number of rotatable bonds is 9. The van der Waals surface area contributed by atoms with Crippen LogP contribution in [0.15, 0.2) is 66.7 Å². The fourth-order valence-electron chi connectivity index (χ4n) is 8.98. The van der Waals surface area contributed by atoms with E-state index in [4.69, 9.17) is 42.6 Å². The normalized spacial score (nSPS) is 26.8. The molecule has 0 spiro atoms. The van der Waals surface area contributed by atoms with Crippen LogP contribution in [0.3, 0.4) is 0 Å². The van der Waals surface area contributed by atoms with Gasteiger partial charge in [0, 0.05) is 29.2 Å². The van der Waals surface area contributed by atoms with E-state index in [2.05, 4.69) is 49.4 Å². The summed E-state index contributed by atoms with van der Waals surface area (Å²) in [6.07, 6.45) is -0.0833. The minimum Gasteiger partial charge on any atom is -0.496 e. The number of methoxy groups -OCH3 is 3. The number of aryl methyl sites for hydroxylation is 2. The molecule has 56 heavy (non-hydrogen) atoms. The summed E-state index contributed by atoms with van der Waals surface area (Å²) in [5.41, 5.74) is 7.84. The number of fused-ring (bicyclic) bond motifs is 3. The maximum Gasteiger partial charge on any atom is 0.231 e. The molecule has 2 N–H and O–H groups in total. The van der Waals surface area contributed by atoms with E-state index in [1.54, 1.807) is 21.3 Å². The van der Waals surface area contributed by atoms with Crippen LogP contribution in [0.2, 0.25) is 0 Å². The summed E-state index contributed by atoms with van der Waals surface area (Å²) in [4.78, 5) is 0.